The second-order valence-electron chi connectivity index (χ2n) is 15.1. The van der Waals surface area contributed by atoms with Crippen LogP contribution in [0.5, 0.6) is 5.75 Å². The molecule has 12 heteroatoms. The van der Waals surface area contributed by atoms with Gasteiger partial charge in [0.25, 0.3) is 0 Å². The molecule has 0 spiro atoms. The lowest BCUT2D eigenvalue weighted by molar-refractivity contribution is -0.145. The minimum absolute atomic E-state index is 0.0899. The van der Waals surface area contributed by atoms with Gasteiger partial charge in [0.2, 0.25) is 17.7 Å². The molecule has 0 saturated carbocycles. The van der Waals surface area contributed by atoms with Gasteiger partial charge in [0.15, 0.2) is 9.84 Å². The first-order valence-corrected chi connectivity index (χ1v) is 22.0. The summed E-state index contributed by atoms with van der Waals surface area (Å²) in [4.78, 5) is 51.3. The number of carbonyl (C=O) groups is 3. The number of anilines is 1. The highest BCUT2D eigenvalue weighted by Gasteiger charge is 2.34. The summed E-state index contributed by atoms with van der Waals surface area (Å²) in [6.45, 7) is 10.3. The molecular weight excluding hydrogens is 751 g/mol. The second kappa shape index (κ2) is 19.8. The van der Waals surface area contributed by atoms with Crippen molar-refractivity contribution in [3.8, 4) is 5.75 Å². The second-order valence-corrected chi connectivity index (χ2v) is 17.1. The molecule has 306 valence electrons. The third kappa shape index (κ3) is 11.6. The number of sulfone groups is 1. The zero-order chi connectivity index (χ0) is 41.1. The number of carbonyl (C=O) groups excluding carboxylic acids is 3. The Labute approximate surface area is 343 Å². The summed E-state index contributed by atoms with van der Waals surface area (Å²) in [5, 5.41) is 0. The molecule has 3 amide bonds. The number of amides is 3. The van der Waals surface area contributed by atoms with E-state index in [1.54, 1.807) is 36.1 Å². The Morgan fingerprint density at radius 1 is 0.741 bits per heavy atom. The number of rotatable bonds is 15. The predicted octanol–water partition coefficient (Wildman–Crippen LogP) is 5.55. The quantitative estimate of drug-likeness (QED) is 0.144. The maximum atomic E-state index is 14.8. The normalized spacial score (nSPS) is 15.7. The lowest BCUT2D eigenvalue weighted by Crippen LogP contribution is -2.56. The van der Waals surface area contributed by atoms with E-state index in [1.807, 2.05) is 88.7 Å². The lowest BCUT2D eigenvalue weighted by Gasteiger charge is -2.39. The van der Waals surface area contributed by atoms with Gasteiger partial charge in [0, 0.05) is 96.8 Å². The van der Waals surface area contributed by atoms with Gasteiger partial charge < -0.3 is 24.3 Å². The SMILES string of the molecule is CCCOc1ccc(C=CC(=O)N(Cc2ccc(N3CCN(C(C)=O)CC3)cc2)[C@@H](Cc2ccccc2)C(=O)N2CCN(Cc3ccc(S(C)(=O)=O)cc3)CC2)cc1. The number of hydrogen-bond acceptors (Lipinski definition) is 8. The molecule has 11 nitrogen and oxygen atoms in total. The Balaban J connectivity index is 1.22. The van der Waals surface area contributed by atoms with Gasteiger partial charge in [-0.15, -0.1) is 0 Å². The average molecular weight is 806 g/mol. The Kier molecular flexibility index (Phi) is 14.4. The van der Waals surface area contributed by atoms with E-state index in [0.717, 1.165) is 53.2 Å². The smallest absolute Gasteiger partial charge is 0.247 e. The van der Waals surface area contributed by atoms with Crippen LogP contribution in [0, 0.1) is 0 Å². The summed E-state index contributed by atoms with van der Waals surface area (Å²) in [5.41, 5.74) is 4.77. The van der Waals surface area contributed by atoms with Crippen molar-refractivity contribution in [3.05, 3.63) is 131 Å². The first kappa shape index (κ1) is 42.2. The van der Waals surface area contributed by atoms with Crippen molar-refractivity contribution in [1.29, 1.82) is 0 Å². The molecule has 0 radical (unpaired) electrons. The molecule has 2 heterocycles. The van der Waals surface area contributed by atoms with Crippen molar-refractivity contribution < 1.29 is 27.5 Å². The average Bonchev–Trinajstić information content (AvgIpc) is 3.24. The van der Waals surface area contributed by atoms with Gasteiger partial charge >= 0.3 is 0 Å². The molecule has 0 N–H and O–H groups in total. The maximum Gasteiger partial charge on any atom is 0.247 e. The van der Waals surface area contributed by atoms with E-state index in [-0.39, 0.29) is 24.3 Å². The van der Waals surface area contributed by atoms with Gasteiger partial charge in [-0.25, -0.2) is 8.42 Å². The molecule has 2 fully saturated rings. The minimum atomic E-state index is -3.27. The van der Waals surface area contributed by atoms with E-state index in [9.17, 15) is 22.8 Å². The molecule has 6 rings (SSSR count). The molecule has 0 aliphatic carbocycles. The number of piperazine rings is 2. The van der Waals surface area contributed by atoms with Crippen LogP contribution in [-0.4, -0.2) is 117 Å². The van der Waals surface area contributed by atoms with Crippen LogP contribution in [-0.2, 0) is 43.7 Å². The molecule has 1 atom stereocenters. The summed E-state index contributed by atoms with van der Waals surface area (Å²) in [7, 11) is -3.27. The van der Waals surface area contributed by atoms with E-state index in [0.29, 0.717) is 63.7 Å². The van der Waals surface area contributed by atoms with Crippen molar-refractivity contribution in [2.75, 3.05) is 70.1 Å². The van der Waals surface area contributed by atoms with Crippen molar-refractivity contribution in [2.45, 2.75) is 50.7 Å². The Bertz CT molecular complexity index is 2110. The third-order valence-corrected chi connectivity index (χ3v) is 11.9. The van der Waals surface area contributed by atoms with Gasteiger partial charge in [0.1, 0.15) is 11.8 Å². The fourth-order valence-electron chi connectivity index (χ4n) is 7.39. The molecule has 0 bridgehead atoms. The summed E-state index contributed by atoms with van der Waals surface area (Å²) >= 11 is 0. The van der Waals surface area contributed by atoms with Crippen LogP contribution in [0.4, 0.5) is 5.69 Å². The summed E-state index contributed by atoms with van der Waals surface area (Å²) in [6, 6.07) is 31.8. The summed E-state index contributed by atoms with van der Waals surface area (Å²) < 4.78 is 29.6. The molecule has 4 aromatic carbocycles. The van der Waals surface area contributed by atoms with Crippen LogP contribution in [0.2, 0.25) is 0 Å². The monoisotopic (exact) mass is 805 g/mol. The standard InChI is InChI=1S/C46H55N5O6S/c1-4-32-57-42-19-12-37(13-20-42)16-23-45(53)51(35-40-10-17-41(18-11-40)49-30-28-48(29-31-49)36(2)52)44(33-38-8-6-5-7-9-38)46(54)50-26-24-47(25-27-50)34-39-14-21-43(22-15-39)58(3,55)56/h5-23,44H,4,24-35H2,1-3H3/t44-/m0/s1. The fraction of sp³-hybridized carbons (Fsp3) is 0.370. The molecule has 2 aliphatic rings. The van der Waals surface area contributed by atoms with Crippen LogP contribution >= 0.6 is 0 Å². The molecule has 4 aromatic rings. The highest BCUT2D eigenvalue weighted by Crippen LogP contribution is 2.23. The Morgan fingerprint density at radius 3 is 1.97 bits per heavy atom. The summed E-state index contributed by atoms with van der Waals surface area (Å²) in [5.74, 6) is 0.503. The molecule has 58 heavy (non-hydrogen) atoms. The summed E-state index contributed by atoms with van der Waals surface area (Å²) in [6.07, 6.45) is 5.81. The predicted molar refractivity (Wildman–Crippen MR) is 228 cm³/mol. The third-order valence-electron chi connectivity index (χ3n) is 10.8. The number of benzene rings is 4. The zero-order valence-corrected chi connectivity index (χ0v) is 34.6. The number of ether oxygens (including phenoxy) is 1. The van der Waals surface area contributed by atoms with Gasteiger partial charge in [-0.05, 0) is 71.1 Å². The minimum Gasteiger partial charge on any atom is -0.494 e. The van der Waals surface area contributed by atoms with Crippen LogP contribution < -0.4 is 9.64 Å². The van der Waals surface area contributed by atoms with Crippen LogP contribution in [0.15, 0.2) is 114 Å². The topological polar surface area (TPSA) is 111 Å². The highest BCUT2D eigenvalue weighted by atomic mass is 32.2. The fourth-order valence-corrected chi connectivity index (χ4v) is 8.02. The Hall–Kier alpha value is -5.46. The van der Waals surface area contributed by atoms with Crippen molar-refractivity contribution in [1.82, 2.24) is 19.6 Å². The van der Waals surface area contributed by atoms with Gasteiger partial charge in [-0.1, -0.05) is 73.7 Å². The highest BCUT2D eigenvalue weighted by molar-refractivity contribution is 7.90. The van der Waals surface area contributed by atoms with E-state index in [2.05, 4.69) is 28.9 Å². The zero-order valence-electron chi connectivity index (χ0n) is 33.8. The molecule has 2 aliphatic heterocycles. The lowest BCUT2D eigenvalue weighted by atomic mass is 10.0. The molecule has 0 unspecified atom stereocenters. The van der Waals surface area contributed by atoms with Crippen LogP contribution in [0.25, 0.3) is 6.08 Å². The van der Waals surface area contributed by atoms with Crippen LogP contribution in [0.1, 0.15) is 42.5 Å². The molecule has 0 aromatic heterocycles. The largest absolute Gasteiger partial charge is 0.494 e. The number of nitrogens with zero attached hydrogens (tertiary/aromatic N) is 5. The maximum absolute atomic E-state index is 14.8. The van der Waals surface area contributed by atoms with Gasteiger partial charge in [-0.3, -0.25) is 19.3 Å². The number of hydrogen-bond donors (Lipinski definition) is 0. The van der Waals surface area contributed by atoms with E-state index in [4.69, 9.17) is 4.74 Å². The first-order chi connectivity index (χ1) is 28.0. The molecule has 2 saturated heterocycles. The van der Waals surface area contributed by atoms with Crippen molar-refractivity contribution >= 4 is 39.3 Å². The first-order valence-electron chi connectivity index (χ1n) is 20.1. The van der Waals surface area contributed by atoms with E-state index < -0.39 is 15.9 Å². The van der Waals surface area contributed by atoms with Crippen molar-refractivity contribution in [3.63, 3.8) is 0 Å². The van der Waals surface area contributed by atoms with Crippen molar-refractivity contribution in [2.24, 2.45) is 0 Å². The van der Waals surface area contributed by atoms with Gasteiger partial charge in [-0.2, -0.15) is 0 Å². The van der Waals surface area contributed by atoms with Crippen LogP contribution in [0.3, 0.4) is 0 Å². The van der Waals surface area contributed by atoms with E-state index in [1.165, 1.54) is 6.26 Å². The van der Waals surface area contributed by atoms with Gasteiger partial charge in [0.05, 0.1) is 11.5 Å². The Morgan fingerprint density at radius 2 is 1.36 bits per heavy atom. The molecular formula is C46H55N5O6S. The van der Waals surface area contributed by atoms with E-state index >= 15 is 0 Å².